The lowest BCUT2D eigenvalue weighted by atomic mass is 10.3. The highest BCUT2D eigenvalue weighted by Crippen LogP contribution is 1.96. The van der Waals surface area contributed by atoms with E-state index >= 15 is 0 Å². The van der Waals surface area contributed by atoms with Crippen LogP contribution in [0.3, 0.4) is 0 Å². The minimum Gasteiger partial charge on any atom is -0.310 e. The topological polar surface area (TPSA) is 33.1 Å². The number of nitrogens with zero attached hydrogens (tertiary/aromatic N) is 3. The van der Waals surface area contributed by atoms with E-state index in [4.69, 9.17) is 0 Å². The highest BCUT2D eigenvalue weighted by molar-refractivity contribution is 5.85. The Labute approximate surface area is 111 Å². The lowest BCUT2D eigenvalue weighted by Crippen LogP contribution is -2.36. The molecule has 1 rings (SSSR count). The second-order valence-electron chi connectivity index (χ2n) is 4.38. The third-order valence-corrected chi connectivity index (χ3v) is 2.79. The van der Waals surface area contributed by atoms with Crippen molar-refractivity contribution in [1.82, 2.24) is 20.0 Å². The Hall–Kier alpha value is -0.580. The first-order valence-corrected chi connectivity index (χ1v) is 6.06. The van der Waals surface area contributed by atoms with Crippen LogP contribution in [0, 0.1) is 0 Å². The average Bonchev–Trinajstić information content (AvgIpc) is 2.64. The molecule has 4 nitrogen and oxygen atoms in total. The Balaban J connectivity index is 0.00000256. The number of aromatic nitrogens is 2. The Bertz CT molecular complexity index is 298. The van der Waals surface area contributed by atoms with Gasteiger partial charge in [-0.15, -0.1) is 12.4 Å². The van der Waals surface area contributed by atoms with Gasteiger partial charge in [-0.2, -0.15) is 5.10 Å². The summed E-state index contributed by atoms with van der Waals surface area (Å²) >= 11 is 0. The number of hydrogen-bond donors (Lipinski definition) is 1. The van der Waals surface area contributed by atoms with Crippen molar-refractivity contribution >= 4 is 12.4 Å². The van der Waals surface area contributed by atoms with Gasteiger partial charge in [-0.1, -0.05) is 6.92 Å². The van der Waals surface area contributed by atoms with Gasteiger partial charge in [0.25, 0.3) is 0 Å². The van der Waals surface area contributed by atoms with E-state index in [9.17, 15) is 0 Å². The Morgan fingerprint density at radius 1 is 1.47 bits per heavy atom. The van der Waals surface area contributed by atoms with Gasteiger partial charge >= 0.3 is 0 Å². The summed E-state index contributed by atoms with van der Waals surface area (Å²) in [5, 5.41) is 7.74. The maximum Gasteiger partial charge on any atom is 0.0762 e. The summed E-state index contributed by atoms with van der Waals surface area (Å²) in [5.41, 5.74) is 1.11. The molecule has 0 aliphatic rings. The molecule has 0 fully saturated rings. The van der Waals surface area contributed by atoms with Crippen LogP contribution in [0.5, 0.6) is 0 Å². The lowest BCUT2D eigenvalue weighted by molar-refractivity contribution is 0.233. The van der Waals surface area contributed by atoms with Gasteiger partial charge in [-0.3, -0.25) is 9.58 Å². The Morgan fingerprint density at radius 3 is 2.65 bits per heavy atom. The standard InChI is InChI=1S/C12H24N4.ClH/c1-5-16(11(2)3)9-7-13-10-12-6-8-15(4)14-12;/h6,8,11,13H,5,7,9-10H2,1-4H3;1H. The molecule has 1 aromatic heterocycles. The van der Waals surface area contributed by atoms with Crippen molar-refractivity contribution in [2.24, 2.45) is 7.05 Å². The third-order valence-electron chi connectivity index (χ3n) is 2.79. The largest absolute Gasteiger partial charge is 0.310 e. The van der Waals surface area contributed by atoms with Crippen LogP contribution in [0.4, 0.5) is 0 Å². The van der Waals surface area contributed by atoms with E-state index in [-0.39, 0.29) is 12.4 Å². The summed E-state index contributed by atoms with van der Waals surface area (Å²) in [4.78, 5) is 2.45. The van der Waals surface area contributed by atoms with Gasteiger partial charge in [0.1, 0.15) is 0 Å². The van der Waals surface area contributed by atoms with Crippen molar-refractivity contribution in [2.75, 3.05) is 19.6 Å². The predicted molar refractivity (Wildman–Crippen MR) is 74.5 cm³/mol. The molecule has 0 bridgehead atoms. The first-order chi connectivity index (χ1) is 7.63. The fourth-order valence-electron chi connectivity index (χ4n) is 1.78. The smallest absolute Gasteiger partial charge is 0.0762 e. The number of halogens is 1. The Kier molecular flexibility index (Phi) is 8.21. The van der Waals surface area contributed by atoms with Crippen LogP contribution >= 0.6 is 12.4 Å². The van der Waals surface area contributed by atoms with Gasteiger partial charge in [0.15, 0.2) is 0 Å². The van der Waals surface area contributed by atoms with Crippen molar-refractivity contribution < 1.29 is 0 Å². The normalized spacial score (nSPS) is 10.9. The minimum atomic E-state index is 0. The maximum absolute atomic E-state index is 4.32. The van der Waals surface area contributed by atoms with E-state index in [0.29, 0.717) is 6.04 Å². The molecule has 1 aromatic rings. The van der Waals surface area contributed by atoms with E-state index in [1.165, 1.54) is 0 Å². The molecule has 0 aromatic carbocycles. The summed E-state index contributed by atoms with van der Waals surface area (Å²) in [6.07, 6.45) is 1.98. The Morgan fingerprint density at radius 2 is 2.18 bits per heavy atom. The van der Waals surface area contributed by atoms with Crippen molar-refractivity contribution in [1.29, 1.82) is 0 Å². The molecule has 1 N–H and O–H groups in total. The van der Waals surface area contributed by atoms with Gasteiger partial charge in [-0.25, -0.2) is 0 Å². The first kappa shape index (κ1) is 16.4. The zero-order valence-corrected chi connectivity index (χ0v) is 12.1. The summed E-state index contributed by atoms with van der Waals surface area (Å²) < 4.78 is 1.84. The van der Waals surface area contributed by atoms with Crippen molar-refractivity contribution in [3.8, 4) is 0 Å². The average molecular weight is 261 g/mol. The van der Waals surface area contributed by atoms with Crippen LogP contribution in [0.15, 0.2) is 12.3 Å². The molecule has 0 radical (unpaired) electrons. The number of nitrogens with one attached hydrogen (secondary N) is 1. The molecule has 17 heavy (non-hydrogen) atoms. The van der Waals surface area contributed by atoms with E-state index < -0.39 is 0 Å². The molecule has 5 heteroatoms. The molecule has 1 heterocycles. The van der Waals surface area contributed by atoms with E-state index in [2.05, 4.69) is 36.1 Å². The number of likely N-dealkylation sites (N-methyl/N-ethyl adjacent to an activating group) is 1. The van der Waals surface area contributed by atoms with Crippen molar-refractivity contribution in [2.45, 2.75) is 33.4 Å². The maximum atomic E-state index is 4.32. The summed E-state index contributed by atoms with van der Waals surface area (Å²) in [5.74, 6) is 0. The highest BCUT2D eigenvalue weighted by Gasteiger charge is 2.05. The van der Waals surface area contributed by atoms with Crippen LogP contribution in [0.2, 0.25) is 0 Å². The SMILES string of the molecule is CCN(CCNCc1ccn(C)n1)C(C)C.Cl. The van der Waals surface area contributed by atoms with Crippen molar-refractivity contribution in [3.63, 3.8) is 0 Å². The lowest BCUT2D eigenvalue weighted by Gasteiger charge is -2.24. The number of hydrogen-bond acceptors (Lipinski definition) is 3. The zero-order valence-electron chi connectivity index (χ0n) is 11.3. The number of rotatable bonds is 7. The molecule has 0 saturated heterocycles. The van der Waals surface area contributed by atoms with Crippen LogP contribution in [-0.2, 0) is 13.6 Å². The van der Waals surface area contributed by atoms with E-state index in [1.807, 2.05) is 24.0 Å². The molecule has 0 aliphatic carbocycles. The second kappa shape index (κ2) is 8.50. The zero-order chi connectivity index (χ0) is 12.0. The fourth-order valence-corrected chi connectivity index (χ4v) is 1.78. The summed E-state index contributed by atoms with van der Waals surface area (Å²) in [6, 6.07) is 2.68. The van der Waals surface area contributed by atoms with Crippen LogP contribution < -0.4 is 5.32 Å². The summed E-state index contributed by atoms with van der Waals surface area (Å²) in [7, 11) is 1.95. The van der Waals surface area contributed by atoms with Crippen LogP contribution in [-0.4, -0.2) is 40.4 Å². The van der Waals surface area contributed by atoms with Gasteiger partial charge in [0, 0.05) is 38.9 Å². The van der Waals surface area contributed by atoms with Crippen LogP contribution in [0.25, 0.3) is 0 Å². The van der Waals surface area contributed by atoms with Gasteiger partial charge < -0.3 is 5.32 Å². The molecule has 100 valence electrons. The molecular formula is C12H25ClN4. The number of aryl methyl sites for hydroxylation is 1. The fraction of sp³-hybridized carbons (Fsp3) is 0.750. The van der Waals surface area contributed by atoms with Gasteiger partial charge in [-0.05, 0) is 26.5 Å². The third kappa shape index (κ3) is 6.05. The summed E-state index contributed by atoms with van der Waals surface area (Å²) in [6.45, 7) is 10.8. The molecule has 0 spiro atoms. The molecule has 0 aliphatic heterocycles. The van der Waals surface area contributed by atoms with Crippen molar-refractivity contribution in [3.05, 3.63) is 18.0 Å². The second-order valence-corrected chi connectivity index (χ2v) is 4.38. The van der Waals surface area contributed by atoms with Crippen LogP contribution in [0.1, 0.15) is 26.5 Å². The van der Waals surface area contributed by atoms with E-state index in [0.717, 1.165) is 31.9 Å². The molecule has 0 amide bonds. The quantitative estimate of drug-likeness (QED) is 0.757. The highest BCUT2D eigenvalue weighted by atomic mass is 35.5. The molecular weight excluding hydrogens is 236 g/mol. The molecule has 0 saturated carbocycles. The first-order valence-electron chi connectivity index (χ1n) is 6.06. The van der Waals surface area contributed by atoms with E-state index in [1.54, 1.807) is 0 Å². The van der Waals surface area contributed by atoms with Gasteiger partial charge in [0.2, 0.25) is 0 Å². The predicted octanol–water partition coefficient (Wildman–Crippen LogP) is 1.66. The monoisotopic (exact) mass is 260 g/mol. The van der Waals surface area contributed by atoms with Gasteiger partial charge in [0.05, 0.1) is 5.69 Å². The minimum absolute atomic E-state index is 0. The molecule has 0 unspecified atom stereocenters. The molecule has 0 atom stereocenters.